The third kappa shape index (κ3) is 3.68. The molecule has 0 aliphatic rings. The highest BCUT2D eigenvalue weighted by Crippen LogP contribution is 2.26. The smallest absolute Gasteiger partial charge is 0.259 e. The van der Waals surface area contributed by atoms with Crippen LogP contribution >= 0.6 is 11.3 Å². The number of hydrogen-bond donors (Lipinski definition) is 1. The summed E-state index contributed by atoms with van der Waals surface area (Å²) in [4.78, 5) is 17.1. The summed E-state index contributed by atoms with van der Waals surface area (Å²) in [6.45, 7) is 0.621. The van der Waals surface area contributed by atoms with E-state index in [1.807, 2.05) is 65.3 Å². The predicted molar refractivity (Wildman–Crippen MR) is 116 cm³/mol. The van der Waals surface area contributed by atoms with Crippen molar-refractivity contribution in [2.24, 2.45) is 0 Å². The Labute approximate surface area is 176 Å². The molecule has 3 aromatic heterocycles. The van der Waals surface area contributed by atoms with Gasteiger partial charge in [-0.2, -0.15) is 5.10 Å². The van der Waals surface area contributed by atoms with Gasteiger partial charge >= 0.3 is 0 Å². The molecule has 0 unspecified atom stereocenters. The maximum Gasteiger partial charge on any atom is 0.259 e. The molecule has 30 heavy (non-hydrogen) atoms. The van der Waals surface area contributed by atoms with E-state index in [-0.39, 0.29) is 5.91 Å². The molecule has 0 radical (unpaired) electrons. The maximum atomic E-state index is 12.7. The molecule has 0 bridgehead atoms. The Kier molecular flexibility index (Phi) is 4.74. The van der Waals surface area contributed by atoms with Crippen LogP contribution in [0.4, 0.5) is 5.13 Å². The van der Waals surface area contributed by atoms with E-state index in [0.717, 1.165) is 27.2 Å². The highest BCUT2D eigenvalue weighted by Gasteiger charge is 2.14. The van der Waals surface area contributed by atoms with Gasteiger partial charge in [-0.1, -0.05) is 72.0 Å². The summed E-state index contributed by atoms with van der Waals surface area (Å²) in [5, 5.41) is 17.4. The number of rotatable bonds is 5. The van der Waals surface area contributed by atoms with Crippen molar-refractivity contribution < 1.29 is 4.79 Å². The first-order valence-electron chi connectivity index (χ1n) is 9.32. The summed E-state index contributed by atoms with van der Waals surface area (Å²) in [5.41, 5.74) is 3.27. The fraction of sp³-hybridized carbons (Fsp3) is 0.0455. The van der Waals surface area contributed by atoms with Crippen LogP contribution in [0.1, 0.15) is 15.9 Å². The number of fused-ring (bicyclic) bond motifs is 1. The molecule has 3 heterocycles. The Morgan fingerprint density at radius 2 is 1.73 bits per heavy atom. The molecule has 0 fully saturated rings. The second-order valence-electron chi connectivity index (χ2n) is 6.66. The SMILES string of the molecule is O=C(Nc1nnc(-c2ccccc2)s1)c1cnc2c(cnn2Cc2ccccc2)c1. The van der Waals surface area contributed by atoms with Gasteiger partial charge in [0.25, 0.3) is 5.91 Å². The number of amides is 1. The Morgan fingerprint density at radius 1 is 0.967 bits per heavy atom. The Balaban J connectivity index is 1.34. The third-order valence-corrected chi connectivity index (χ3v) is 5.47. The molecule has 5 aromatic rings. The molecular formula is C22H16N6OS. The number of anilines is 1. The molecular weight excluding hydrogens is 396 g/mol. The van der Waals surface area contributed by atoms with Crippen molar-refractivity contribution in [3.63, 3.8) is 0 Å². The molecule has 1 amide bonds. The highest BCUT2D eigenvalue weighted by molar-refractivity contribution is 7.18. The van der Waals surface area contributed by atoms with Gasteiger partial charge in [-0.3, -0.25) is 10.1 Å². The summed E-state index contributed by atoms with van der Waals surface area (Å²) in [5.74, 6) is -0.282. The summed E-state index contributed by atoms with van der Waals surface area (Å²) >= 11 is 1.33. The molecule has 0 saturated carbocycles. The first-order chi connectivity index (χ1) is 14.8. The number of benzene rings is 2. The van der Waals surface area contributed by atoms with Gasteiger partial charge in [-0.25, -0.2) is 9.67 Å². The highest BCUT2D eigenvalue weighted by atomic mass is 32.1. The average molecular weight is 412 g/mol. The van der Waals surface area contributed by atoms with Gasteiger partial charge in [0.2, 0.25) is 5.13 Å². The van der Waals surface area contributed by atoms with Crippen molar-refractivity contribution in [2.75, 3.05) is 5.32 Å². The van der Waals surface area contributed by atoms with Crippen molar-refractivity contribution in [1.82, 2.24) is 25.0 Å². The summed E-state index contributed by atoms with van der Waals surface area (Å²) in [7, 11) is 0. The number of pyridine rings is 1. The summed E-state index contributed by atoms with van der Waals surface area (Å²) < 4.78 is 1.82. The fourth-order valence-corrected chi connectivity index (χ4v) is 3.85. The van der Waals surface area contributed by atoms with Gasteiger partial charge in [0, 0.05) is 17.1 Å². The minimum atomic E-state index is -0.282. The third-order valence-electron chi connectivity index (χ3n) is 4.58. The van der Waals surface area contributed by atoms with E-state index >= 15 is 0 Å². The number of nitrogens with zero attached hydrogens (tertiary/aromatic N) is 5. The number of aromatic nitrogens is 5. The minimum Gasteiger partial charge on any atom is -0.296 e. The van der Waals surface area contributed by atoms with Gasteiger partial charge in [0.1, 0.15) is 5.01 Å². The molecule has 0 saturated heterocycles. The lowest BCUT2D eigenvalue weighted by Crippen LogP contribution is -2.12. The van der Waals surface area contributed by atoms with Crippen LogP contribution in [0.3, 0.4) is 0 Å². The Morgan fingerprint density at radius 3 is 2.53 bits per heavy atom. The number of nitrogens with one attached hydrogen (secondary N) is 1. The molecule has 0 aliphatic heterocycles. The maximum absolute atomic E-state index is 12.7. The predicted octanol–water partition coefficient (Wildman–Crippen LogP) is 4.25. The van der Waals surface area contributed by atoms with Crippen LogP contribution in [0.25, 0.3) is 21.6 Å². The number of hydrogen-bond acceptors (Lipinski definition) is 6. The topological polar surface area (TPSA) is 85.6 Å². The summed E-state index contributed by atoms with van der Waals surface area (Å²) in [6.07, 6.45) is 3.28. The van der Waals surface area contributed by atoms with Crippen molar-refractivity contribution in [2.45, 2.75) is 6.54 Å². The fourth-order valence-electron chi connectivity index (χ4n) is 3.11. The van der Waals surface area contributed by atoms with E-state index in [0.29, 0.717) is 17.2 Å². The lowest BCUT2D eigenvalue weighted by molar-refractivity contribution is 0.102. The lowest BCUT2D eigenvalue weighted by Gasteiger charge is -2.04. The zero-order chi connectivity index (χ0) is 20.3. The molecule has 1 N–H and O–H groups in total. The van der Waals surface area contributed by atoms with Crippen LogP contribution in [0.5, 0.6) is 0 Å². The van der Waals surface area contributed by atoms with E-state index in [1.165, 1.54) is 11.3 Å². The van der Waals surface area contributed by atoms with Crippen LogP contribution < -0.4 is 5.32 Å². The summed E-state index contributed by atoms with van der Waals surface area (Å²) in [6, 6.07) is 21.6. The van der Waals surface area contributed by atoms with E-state index in [4.69, 9.17) is 0 Å². The Hall–Kier alpha value is -3.91. The van der Waals surface area contributed by atoms with Crippen LogP contribution in [0.15, 0.2) is 79.1 Å². The zero-order valence-corrected chi connectivity index (χ0v) is 16.6. The second kappa shape index (κ2) is 7.84. The molecule has 0 aliphatic carbocycles. The first-order valence-corrected chi connectivity index (χ1v) is 10.1. The van der Waals surface area contributed by atoms with E-state index < -0.39 is 0 Å². The first kappa shape index (κ1) is 18.1. The van der Waals surface area contributed by atoms with Crippen LogP contribution in [0, 0.1) is 0 Å². The molecule has 0 spiro atoms. The number of carbonyl (C=O) groups excluding carboxylic acids is 1. The average Bonchev–Trinajstić information content (AvgIpc) is 3.42. The molecule has 146 valence electrons. The monoisotopic (exact) mass is 412 g/mol. The normalized spacial score (nSPS) is 10.9. The molecule has 5 rings (SSSR count). The molecule has 7 nitrogen and oxygen atoms in total. The van der Waals surface area contributed by atoms with E-state index in [9.17, 15) is 4.79 Å². The second-order valence-corrected chi connectivity index (χ2v) is 7.63. The van der Waals surface area contributed by atoms with Crippen molar-refractivity contribution in [3.8, 4) is 10.6 Å². The molecule has 0 atom stereocenters. The van der Waals surface area contributed by atoms with Crippen LogP contribution in [0.2, 0.25) is 0 Å². The largest absolute Gasteiger partial charge is 0.296 e. The van der Waals surface area contributed by atoms with Gasteiger partial charge in [-0.05, 0) is 11.6 Å². The minimum absolute atomic E-state index is 0.282. The standard InChI is InChI=1S/C22H16N6OS/c29-20(25-22-27-26-21(30-22)16-9-5-2-6-10-16)18-11-17-13-24-28(19(17)23-12-18)14-15-7-3-1-4-8-15/h1-13H,14H2,(H,25,27,29). The van der Waals surface area contributed by atoms with E-state index in [2.05, 4.69) is 25.6 Å². The lowest BCUT2D eigenvalue weighted by atomic mass is 10.2. The van der Waals surface area contributed by atoms with Crippen molar-refractivity contribution in [3.05, 3.63) is 90.3 Å². The number of carbonyl (C=O) groups is 1. The van der Waals surface area contributed by atoms with Gasteiger partial charge in [0.05, 0.1) is 18.3 Å². The van der Waals surface area contributed by atoms with Crippen LogP contribution in [-0.2, 0) is 6.54 Å². The Bertz CT molecular complexity index is 1310. The van der Waals surface area contributed by atoms with Crippen molar-refractivity contribution >= 4 is 33.4 Å². The zero-order valence-electron chi connectivity index (χ0n) is 15.8. The van der Waals surface area contributed by atoms with Gasteiger partial charge in [0.15, 0.2) is 5.65 Å². The molecule has 8 heteroatoms. The van der Waals surface area contributed by atoms with Crippen LogP contribution in [-0.4, -0.2) is 30.9 Å². The van der Waals surface area contributed by atoms with E-state index in [1.54, 1.807) is 18.5 Å². The van der Waals surface area contributed by atoms with Crippen molar-refractivity contribution in [1.29, 1.82) is 0 Å². The molecule has 2 aromatic carbocycles. The van der Waals surface area contributed by atoms with Gasteiger partial charge in [-0.15, -0.1) is 10.2 Å². The van der Waals surface area contributed by atoms with Gasteiger partial charge < -0.3 is 0 Å². The quantitative estimate of drug-likeness (QED) is 0.466.